The number of ether oxygens (including phenoxy) is 1. The van der Waals surface area contributed by atoms with E-state index in [0.717, 1.165) is 17.5 Å². The van der Waals surface area contributed by atoms with E-state index in [1.165, 1.54) is 7.11 Å². The summed E-state index contributed by atoms with van der Waals surface area (Å²) in [6, 6.07) is 14.1. The monoisotopic (exact) mass is 419 g/mol. The number of para-hydroxylation sites is 1. The maximum Gasteiger partial charge on any atom is 0.290 e. The molecule has 0 spiro atoms. The van der Waals surface area contributed by atoms with Gasteiger partial charge in [-0.2, -0.15) is 0 Å². The number of amides is 1. The summed E-state index contributed by atoms with van der Waals surface area (Å²) in [5.41, 5.74) is 2.42. The number of aryl methyl sites for hydroxylation is 1. The highest BCUT2D eigenvalue weighted by Gasteiger charge is 2.44. The van der Waals surface area contributed by atoms with Crippen LogP contribution in [0.2, 0.25) is 0 Å². The lowest BCUT2D eigenvalue weighted by atomic mass is 9.94. The number of rotatable bonds is 7. The van der Waals surface area contributed by atoms with E-state index in [1.807, 2.05) is 43.3 Å². The first-order valence-electron chi connectivity index (χ1n) is 10.4. The van der Waals surface area contributed by atoms with Gasteiger partial charge in [-0.05, 0) is 36.1 Å². The van der Waals surface area contributed by atoms with Gasteiger partial charge < -0.3 is 19.2 Å². The molecular weight excluding hydrogens is 394 g/mol. The van der Waals surface area contributed by atoms with Gasteiger partial charge >= 0.3 is 0 Å². The number of benzene rings is 2. The highest BCUT2D eigenvalue weighted by molar-refractivity contribution is 6.16. The second-order valence-electron chi connectivity index (χ2n) is 7.58. The average Bonchev–Trinajstić information content (AvgIpc) is 3.34. The molecule has 0 saturated carbocycles. The zero-order chi connectivity index (χ0) is 22.1. The third-order valence-electron chi connectivity index (χ3n) is 5.67. The predicted molar refractivity (Wildman–Crippen MR) is 117 cm³/mol. The normalized spacial score (nSPS) is 16.4. The van der Waals surface area contributed by atoms with Gasteiger partial charge in [-0.3, -0.25) is 9.59 Å². The number of aliphatic hydroxyl groups excluding tert-OH is 1. The van der Waals surface area contributed by atoms with Crippen LogP contribution in [0.3, 0.4) is 0 Å². The summed E-state index contributed by atoms with van der Waals surface area (Å²) in [6.07, 6.45) is 1.59. The Bertz CT molecular complexity index is 1170. The van der Waals surface area contributed by atoms with Crippen molar-refractivity contribution in [2.45, 2.75) is 32.7 Å². The zero-order valence-corrected chi connectivity index (χ0v) is 17.8. The van der Waals surface area contributed by atoms with Crippen LogP contribution in [-0.4, -0.2) is 35.4 Å². The highest BCUT2D eigenvalue weighted by atomic mass is 16.5. The molecule has 1 unspecified atom stereocenters. The molecule has 6 nitrogen and oxygen atoms in total. The van der Waals surface area contributed by atoms with E-state index >= 15 is 0 Å². The van der Waals surface area contributed by atoms with Crippen LogP contribution in [0.5, 0.6) is 5.75 Å². The Morgan fingerprint density at radius 3 is 2.55 bits per heavy atom. The molecule has 1 amide bonds. The molecule has 31 heavy (non-hydrogen) atoms. The molecule has 1 aliphatic heterocycles. The largest absolute Gasteiger partial charge is 0.503 e. The molecule has 1 aliphatic rings. The molecule has 0 bridgehead atoms. The Kier molecular flexibility index (Phi) is 5.55. The van der Waals surface area contributed by atoms with Gasteiger partial charge in [0, 0.05) is 11.9 Å². The van der Waals surface area contributed by atoms with Crippen molar-refractivity contribution in [2.24, 2.45) is 0 Å². The molecule has 160 valence electrons. The summed E-state index contributed by atoms with van der Waals surface area (Å²) in [4.78, 5) is 27.9. The summed E-state index contributed by atoms with van der Waals surface area (Å²) < 4.78 is 11.1. The number of carbonyl (C=O) groups is 2. The zero-order valence-electron chi connectivity index (χ0n) is 17.8. The van der Waals surface area contributed by atoms with Crippen LogP contribution in [0.15, 0.2) is 64.3 Å². The molecule has 1 atom stereocenters. The third-order valence-corrected chi connectivity index (χ3v) is 5.67. The summed E-state index contributed by atoms with van der Waals surface area (Å²) in [7, 11) is 1.53. The Morgan fingerprint density at radius 1 is 1.16 bits per heavy atom. The number of carbonyl (C=O) groups excluding carboxylic acids is 2. The average molecular weight is 419 g/mol. The smallest absolute Gasteiger partial charge is 0.290 e. The molecule has 4 rings (SSSR count). The van der Waals surface area contributed by atoms with Crippen molar-refractivity contribution in [2.75, 3.05) is 13.7 Å². The predicted octanol–water partition coefficient (Wildman–Crippen LogP) is 4.99. The number of ketones is 1. The molecule has 0 aliphatic carbocycles. The highest BCUT2D eigenvalue weighted by Crippen LogP contribution is 2.40. The van der Waals surface area contributed by atoms with E-state index < -0.39 is 23.5 Å². The van der Waals surface area contributed by atoms with Gasteiger partial charge in [0.05, 0.1) is 18.7 Å². The number of fused-ring (bicyclic) bond motifs is 1. The molecule has 6 heteroatoms. The van der Waals surface area contributed by atoms with Crippen LogP contribution in [-0.2, 0) is 11.2 Å². The minimum absolute atomic E-state index is 0.0423. The standard InChI is InChI=1S/C25H25NO5/c1-4-13-26-21(16-11-9-15(5-2)10-12-16)20(23(28)25(26)29)22(27)19-14-17-7-6-8-18(30-3)24(17)31-19/h6-12,14,21,28H,4-5,13H2,1-3H3. The summed E-state index contributed by atoms with van der Waals surface area (Å²) >= 11 is 0. The Balaban J connectivity index is 1.81. The minimum atomic E-state index is -0.666. The molecule has 0 radical (unpaired) electrons. The Morgan fingerprint density at radius 2 is 1.90 bits per heavy atom. The first kappa shape index (κ1) is 20.7. The second-order valence-corrected chi connectivity index (χ2v) is 7.58. The SMILES string of the molecule is CCCN1C(=O)C(O)=C(C(=O)c2cc3cccc(OC)c3o2)C1c1ccc(CC)cc1. The summed E-state index contributed by atoms with van der Waals surface area (Å²) in [6.45, 7) is 4.44. The van der Waals surface area contributed by atoms with Crippen LogP contribution in [0, 0.1) is 0 Å². The van der Waals surface area contributed by atoms with Gasteiger partial charge in [-0.25, -0.2) is 0 Å². The lowest BCUT2D eigenvalue weighted by Gasteiger charge is -2.26. The quantitative estimate of drug-likeness (QED) is 0.546. The summed E-state index contributed by atoms with van der Waals surface area (Å²) in [5.74, 6) is -0.995. The number of aliphatic hydroxyl groups is 1. The van der Waals surface area contributed by atoms with Crippen LogP contribution in [0.4, 0.5) is 0 Å². The van der Waals surface area contributed by atoms with Crippen LogP contribution >= 0.6 is 0 Å². The molecule has 1 N–H and O–H groups in total. The van der Waals surface area contributed by atoms with Crippen molar-refractivity contribution in [1.82, 2.24) is 4.90 Å². The van der Waals surface area contributed by atoms with Gasteiger partial charge in [0.1, 0.15) is 0 Å². The minimum Gasteiger partial charge on any atom is -0.503 e. The molecular formula is C25H25NO5. The summed E-state index contributed by atoms with van der Waals surface area (Å²) in [5, 5.41) is 11.4. The number of Topliss-reactive ketones (excluding diaryl/α,β-unsaturated/α-hetero) is 1. The van der Waals surface area contributed by atoms with E-state index in [4.69, 9.17) is 9.15 Å². The molecule has 3 aromatic rings. The maximum absolute atomic E-state index is 13.5. The molecule has 1 aromatic heterocycles. The van der Waals surface area contributed by atoms with Crippen LogP contribution in [0.1, 0.15) is 48.0 Å². The van der Waals surface area contributed by atoms with Crippen molar-refractivity contribution < 1.29 is 23.8 Å². The molecule has 2 aromatic carbocycles. The molecule has 0 fully saturated rings. The van der Waals surface area contributed by atoms with Crippen molar-refractivity contribution in [3.8, 4) is 5.75 Å². The number of hydrogen-bond acceptors (Lipinski definition) is 5. The number of methoxy groups -OCH3 is 1. The van der Waals surface area contributed by atoms with E-state index in [2.05, 4.69) is 6.92 Å². The van der Waals surface area contributed by atoms with Crippen molar-refractivity contribution >= 4 is 22.7 Å². The maximum atomic E-state index is 13.5. The van der Waals surface area contributed by atoms with E-state index in [9.17, 15) is 14.7 Å². The fourth-order valence-electron chi connectivity index (χ4n) is 4.08. The first-order valence-corrected chi connectivity index (χ1v) is 10.4. The fraction of sp³-hybridized carbons (Fsp3) is 0.280. The van der Waals surface area contributed by atoms with Gasteiger partial charge in [0.25, 0.3) is 5.91 Å². The topological polar surface area (TPSA) is 80.0 Å². The Hall–Kier alpha value is -3.54. The van der Waals surface area contributed by atoms with Crippen molar-refractivity contribution in [3.63, 3.8) is 0 Å². The molecule has 2 heterocycles. The van der Waals surface area contributed by atoms with Crippen LogP contribution < -0.4 is 4.74 Å². The van der Waals surface area contributed by atoms with Gasteiger partial charge in [0.2, 0.25) is 5.78 Å². The fourth-order valence-corrected chi connectivity index (χ4v) is 4.08. The van der Waals surface area contributed by atoms with Crippen LogP contribution in [0.25, 0.3) is 11.0 Å². The second kappa shape index (κ2) is 8.30. The number of hydrogen-bond donors (Lipinski definition) is 1. The van der Waals surface area contributed by atoms with E-state index in [1.54, 1.807) is 17.0 Å². The number of nitrogens with zero attached hydrogens (tertiary/aromatic N) is 1. The van der Waals surface area contributed by atoms with Gasteiger partial charge in [-0.15, -0.1) is 0 Å². The lowest BCUT2D eigenvalue weighted by Crippen LogP contribution is -2.31. The Labute approximate surface area is 180 Å². The molecule has 0 saturated heterocycles. The van der Waals surface area contributed by atoms with Crippen molar-refractivity contribution in [1.29, 1.82) is 0 Å². The van der Waals surface area contributed by atoms with Gasteiger partial charge in [0.15, 0.2) is 22.9 Å². The van der Waals surface area contributed by atoms with E-state index in [-0.39, 0.29) is 11.3 Å². The first-order chi connectivity index (χ1) is 15.0. The lowest BCUT2D eigenvalue weighted by molar-refractivity contribution is -0.129. The van der Waals surface area contributed by atoms with E-state index in [0.29, 0.717) is 29.7 Å². The number of furan rings is 1. The van der Waals surface area contributed by atoms with Gasteiger partial charge in [-0.1, -0.05) is 50.2 Å². The third kappa shape index (κ3) is 3.48. The van der Waals surface area contributed by atoms with Crippen molar-refractivity contribution in [3.05, 3.63) is 76.8 Å².